The van der Waals surface area contributed by atoms with Gasteiger partial charge in [0.15, 0.2) is 0 Å². The Morgan fingerprint density at radius 1 is 1.29 bits per heavy atom. The summed E-state index contributed by atoms with van der Waals surface area (Å²) >= 11 is 17.7. The molecule has 2 N–H and O–H groups in total. The number of anilines is 1. The number of nitrogens with one attached hydrogen (secondary N) is 1. The molecule has 0 spiro atoms. The van der Waals surface area contributed by atoms with Gasteiger partial charge in [-0.25, -0.2) is 4.79 Å². The Labute approximate surface area is 134 Å². The first-order valence-corrected chi connectivity index (χ1v) is 6.44. The highest BCUT2D eigenvalue weighted by atomic mass is 35.5. The zero-order valence-corrected chi connectivity index (χ0v) is 12.8. The summed E-state index contributed by atoms with van der Waals surface area (Å²) in [5, 5.41) is 19.3. The van der Waals surface area contributed by atoms with Crippen molar-refractivity contribution in [2.75, 3.05) is 5.43 Å². The fourth-order valence-electron chi connectivity index (χ4n) is 1.07. The lowest BCUT2D eigenvalue weighted by Crippen LogP contribution is -2.07. The quantitative estimate of drug-likeness (QED) is 0.368. The summed E-state index contributed by atoms with van der Waals surface area (Å²) in [5.41, 5.74) is 2.90. The van der Waals surface area contributed by atoms with Crippen LogP contribution in [0.2, 0.25) is 15.1 Å². The highest BCUT2D eigenvalue weighted by Gasteiger charge is 2.07. The molecule has 0 amide bonds. The molecule has 10 heteroatoms. The average molecular weight is 352 g/mol. The number of hydrazone groups is 1. The van der Waals surface area contributed by atoms with E-state index in [9.17, 15) is 4.79 Å². The molecule has 21 heavy (non-hydrogen) atoms. The smallest absolute Gasteiger partial charge is 0.331 e. The van der Waals surface area contributed by atoms with Gasteiger partial charge in [0.25, 0.3) is 0 Å². The number of rotatable bonds is 5. The van der Waals surface area contributed by atoms with E-state index >= 15 is 0 Å². The predicted molar refractivity (Wildman–Crippen MR) is 83.1 cm³/mol. The molecular formula is C11H9Cl3N4O3. The molecule has 112 valence electrons. The normalized spacial score (nSPS) is 12.1. The first-order valence-electron chi connectivity index (χ1n) is 5.30. The summed E-state index contributed by atoms with van der Waals surface area (Å²) in [6, 6.07) is 2.94. The van der Waals surface area contributed by atoms with Crippen LogP contribution in [0, 0.1) is 0 Å². The molecule has 0 aromatic heterocycles. The van der Waals surface area contributed by atoms with Gasteiger partial charge in [0, 0.05) is 11.9 Å². The minimum atomic E-state index is -0.608. The fraction of sp³-hybridized carbons (Fsp3) is 0.0909. The third-order valence-electron chi connectivity index (χ3n) is 1.86. The third kappa shape index (κ3) is 5.99. The molecule has 0 aliphatic carbocycles. The summed E-state index contributed by atoms with van der Waals surface area (Å²) in [4.78, 5) is 14.9. The second-order valence-electron chi connectivity index (χ2n) is 3.45. The molecule has 0 saturated carbocycles. The van der Waals surface area contributed by atoms with Crippen molar-refractivity contribution in [1.82, 2.24) is 0 Å². The standard InChI is InChI=1S/C11H9Cl3N4O3/c1-6(19)21-16-5-8(4-15-20)17-18-11-9(13)2-7(12)3-10(11)14/h2-5,18,20H,1H3/b15-4+,16-5+,17-8+. The van der Waals surface area contributed by atoms with Crippen LogP contribution in [0.4, 0.5) is 5.69 Å². The molecule has 0 bridgehead atoms. The van der Waals surface area contributed by atoms with Gasteiger partial charge >= 0.3 is 5.97 Å². The molecule has 1 rings (SSSR count). The van der Waals surface area contributed by atoms with Gasteiger partial charge in [-0.3, -0.25) is 5.43 Å². The van der Waals surface area contributed by atoms with E-state index in [0.29, 0.717) is 10.7 Å². The molecule has 0 unspecified atom stereocenters. The van der Waals surface area contributed by atoms with Gasteiger partial charge in [-0.1, -0.05) is 45.1 Å². The lowest BCUT2D eigenvalue weighted by Gasteiger charge is -2.06. The molecular weight excluding hydrogens is 343 g/mol. The summed E-state index contributed by atoms with van der Waals surface area (Å²) < 4.78 is 0. The second-order valence-corrected chi connectivity index (χ2v) is 4.71. The van der Waals surface area contributed by atoms with Crippen molar-refractivity contribution in [1.29, 1.82) is 0 Å². The Hall–Kier alpha value is -1.83. The lowest BCUT2D eigenvalue weighted by molar-refractivity contribution is -0.140. The van der Waals surface area contributed by atoms with E-state index < -0.39 is 5.97 Å². The number of carbonyl (C=O) groups excluding carboxylic acids is 1. The van der Waals surface area contributed by atoms with Gasteiger partial charge in [-0.2, -0.15) is 5.10 Å². The van der Waals surface area contributed by atoms with E-state index in [2.05, 4.69) is 25.7 Å². The Kier molecular flexibility index (Phi) is 6.93. The number of hydrogen-bond acceptors (Lipinski definition) is 7. The fourth-order valence-corrected chi connectivity index (χ4v) is 1.98. The predicted octanol–water partition coefficient (Wildman–Crippen LogP) is 3.42. The SMILES string of the molecule is CC(=O)O/N=C/C(/C=N/O)=N/Nc1c(Cl)cc(Cl)cc1Cl. The minimum Gasteiger partial charge on any atom is -0.411 e. The number of carbonyl (C=O) groups is 1. The van der Waals surface area contributed by atoms with Crippen molar-refractivity contribution in [3.05, 3.63) is 27.2 Å². The molecule has 0 radical (unpaired) electrons. The maximum absolute atomic E-state index is 10.6. The second kappa shape index (κ2) is 8.46. The van der Waals surface area contributed by atoms with Gasteiger partial charge in [-0.05, 0) is 12.1 Å². The number of oxime groups is 2. The summed E-state index contributed by atoms with van der Waals surface area (Å²) in [6.07, 6.45) is 2.00. The van der Waals surface area contributed by atoms with E-state index in [1.807, 2.05) is 0 Å². The minimum absolute atomic E-state index is 0.0424. The molecule has 1 aromatic rings. The number of benzene rings is 1. The largest absolute Gasteiger partial charge is 0.411 e. The maximum atomic E-state index is 10.6. The number of halogens is 3. The summed E-state index contributed by atoms with van der Waals surface area (Å²) in [6.45, 7) is 1.18. The Balaban J connectivity index is 2.93. The van der Waals surface area contributed by atoms with Crippen LogP contribution in [0.5, 0.6) is 0 Å². The number of nitrogens with zero attached hydrogens (tertiary/aromatic N) is 3. The zero-order valence-electron chi connectivity index (χ0n) is 10.5. The zero-order chi connectivity index (χ0) is 15.8. The van der Waals surface area contributed by atoms with E-state index in [-0.39, 0.29) is 15.8 Å². The van der Waals surface area contributed by atoms with Crippen LogP contribution in [0.25, 0.3) is 0 Å². The van der Waals surface area contributed by atoms with Crippen molar-refractivity contribution >= 4 is 64.6 Å². The third-order valence-corrected chi connectivity index (χ3v) is 2.67. The molecule has 0 saturated heterocycles. The van der Waals surface area contributed by atoms with Gasteiger partial charge in [0.2, 0.25) is 0 Å². The van der Waals surface area contributed by atoms with Crippen LogP contribution in [-0.2, 0) is 9.63 Å². The van der Waals surface area contributed by atoms with Crippen LogP contribution in [0.3, 0.4) is 0 Å². The first kappa shape index (κ1) is 17.2. The Morgan fingerprint density at radius 3 is 2.43 bits per heavy atom. The molecule has 7 nitrogen and oxygen atoms in total. The first-order chi connectivity index (χ1) is 9.93. The van der Waals surface area contributed by atoms with Crippen molar-refractivity contribution in [3.8, 4) is 0 Å². The molecule has 0 fully saturated rings. The highest BCUT2D eigenvalue weighted by molar-refractivity contribution is 6.55. The number of hydrogen-bond donors (Lipinski definition) is 2. The molecule has 0 aliphatic heterocycles. The van der Waals surface area contributed by atoms with Gasteiger partial charge in [0.1, 0.15) is 5.71 Å². The van der Waals surface area contributed by atoms with E-state index in [1.165, 1.54) is 19.1 Å². The Bertz CT molecular complexity index is 594. The van der Waals surface area contributed by atoms with E-state index in [4.69, 9.17) is 40.0 Å². The van der Waals surface area contributed by atoms with Crippen molar-refractivity contribution in [2.45, 2.75) is 6.92 Å². The molecule has 0 atom stereocenters. The van der Waals surface area contributed by atoms with Gasteiger partial charge in [-0.15, -0.1) is 0 Å². The molecule has 0 heterocycles. The van der Waals surface area contributed by atoms with Crippen LogP contribution in [0.1, 0.15) is 6.92 Å². The highest BCUT2D eigenvalue weighted by Crippen LogP contribution is 2.33. The van der Waals surface area contributed by atoms with Crippen molar-refractivity contribution in [2.24, 2.45) is 15.4 Å². The van der Waals surface area contributed by atoms with Crippen LogP contribution >= 0.6 is 34.8 Å². The molecule has 1 aromatic carbocycles. The van der Waals surface area contributed by atoms with Crippen LogP contribution in [0.15, 0.2) is 27.5 Å². The topological polar surface area (TPSA) is 95.6 Å². The van der Waals surface area contributed by atoms with Gasteiger partial charge < -0.3 is 10.0 Å². The maximum Gasteiger partial charge on any atom is 0.331 e. The van der Waals surface area contributed by atoms with E-state index in [0.717, 1.165) is 12.4 Å². The van der Waals surface area contributed by atoms with Crippen molar-refractivity contribution in [3.63, 3.8) is 0 Å². The van der Waals surface area contributed by atoms with E-state index in [1.54, 1.807) is 0 Å². The Morgan fingerprint density at radius 2 is 1.90 bits per heavy atom. The lowest BCUT2D eigenvalue weighted by atomic mass is 10.3. The average Bonchev–Trinajstić information content (AvgIpc) is 2.36. The summed E-state index contributed by atoms with van der Waals surface area (Å²) in [7, 11) is 0. The molecule has 0 aliphatic rings. The van der Waals surface area contributed by atoms with Crippen molar-refractivity contribution < 1.29 is 14.8 Å². The van der Waals surface area contributed by atoms with Crippen LogP contribution in [-0.4, -0.2) is 29.3 Å². The van der Waals surface area contributed by atoms with Gasteiger partial charge in [0.05, 0.1) is 28.2 Å². The monoisotopic (exact) mass is 350 g/mol. The van der Waals surface area contributed by atoms with Crippen LogP contribution < -0.4 is 5.43 Å². The summed E-state index contributed by atoms with van der Waals surface area (Å²) in [5.74, 6) is -0.608.